The lowest BCUT2D eigenvalue weighted by atomic mass is 9.72. The molecule has 5 amide bonds. The Morgan fingerprint density at radius 2 is 1.56 bits per heavy atom. The number of nitrogens with zero attached hydrogens (tertiary/aromatic N) is 9. The molecule has 2 aliphatic carbocycles. The predicted molar refractivity (Wildman–Crippen MR) is 276 cm³/mol. The van der Waals surface area contributed by atoms with Crippen LogP contribution in [0, 0.1) is 11.3 Å². The zero-order valence-electron chi connectivity index (χ0n) is 42.5. The number of nitrogens with one attached hydrogen (secondary N) is 2. The largest absolute Gasteiger partial charge is 0.366 e. The van der Waals surface area contributed by atoms with Crippen molar-refractivity contribution in [2.45, 2.75) is 146 Å². The van der Waals surface area contributed by atoms with Gasteiger partial charge in [0.2, 0.25) is 29.5 Å². The SMILES string of the molecule is CC(C)n1cnc2cc(-c3ccc4c(c3)N([C@H]3C[C@@H](N5CCCCC5)C3)C(=O)C43CCN(C(=O)C4(CF)CCN(C(=O)C5CCN(c6ccc(C7CCC(=O)NC7=O)cn6)CC5)CC4)CC3)nc(NC3CC3)c21. The highest BCUT2D eigenvalue weighted by Crippen LogP contribution is 2.53. The normalized spacial score (nSPS) is 25.6. The second-order valence-corrected chi connectivity index (χ2v) is 23.0. The van der Waals surface area contributed by atoms with E-state index in [1.807, 2.05) is 28.3 Å². The Bertz CT molecular complexity index is 2790. The third kappa shape index (κ3) is 8.64. The van der Waals surface area contributed by atoms with Crippen molar-refractivity contribution < 1.29 is 28.4 Å². The van der Waals surface area contributed by atoms with Crippen LogP contribution in [0.3, 0.4) is 0 Å². The first-order chi connectivity index (χ1) is 35.4. The van der Waals surface area contributed by atoms with Crippen molar-refractivity contribution >= 4 is 57.9 Å². The van der Waals surface area contributed by atoms with Gasteiger partial charge >= 0.3 is 0 Å². The van der Waals surface area contributed by atoms with Crippen molar-refractivity contribution in [1.82, 2.24) is 39.5 Å². The Balaban J connectivity index is 0.714. The number of piperidine rings is 5. The first kappa shape index (κ1) is 48.0. The molecule has 1 unspecified atom stereocenters. The maximum atomic E-state index is 15.4. The van der Waals surface area contributed by atoms with Gasteiger partial charge in [-0.15, -0.1) is 0 Å². The van der Waals surface area contributed by atoms with E-state index >= 15 is 9.18 Å². The molecule has 9 heterocycles. The number of fused-ring (bicyclic) bond motifs is 3. The summed E-state index contributed by atoms with van der Waals surface area (Å²) < 4.78 is 17.6. The number of anilines is 3. The highest BCUT2D eigenvalue weighted by atomic mass is 19.1. The molecule has 3 aromatic heterocycles. The van der Waals surface area contributed by atoms with Crippen LogP contribution in [0.25, 0.3) is 22.3 Å². The van der Waals surface area contributed by atoms with Crippen LogP contribution in [0.2, 0.25) is 0 Å². The highest BCUT2D eigenvalue weighted by Gasteiger charge is 2.57. The van der Waals surface area contributed by atoms with Crippen LogP contribution in [-0.4, -0.2) is 141 Å². The molecule has 8 aliphatic rings. The van der Waals surface area contributed by atoms with E-state index in [9.17, 15) is 19.2 Å². The van der Waals surface area contributed by atoms with Gasteiger partial charge in [-0.05, 0) is 140 Å². The van der Waals surface area contributed by atoms with E-state index < -0.39 is 23.4 Å². The number of carbonyl (C=O) groups is 5. The van der Waals surface area contributed by atoms with E-state index in [1.54, 1.807) is 6.20 Å². The van der Waals surface area contributed by atoms with E-state index in [0.29, 0.717) is 89.9 Å². The third-order valence-corrected chi connectivity index (χ3v) is 18.3. The molecule has 2 saturated carbocycles. The van der Waals surface area contributed by atoms with Gasteiger partial charge in [0.1, 0.15) is 18.0 Å². The number of rotatable bonds is 11. The Kier molecular flexibility index (Phi) is 12.5. The minimum Gasteiger partial charge on any atom is -0.366 e. The number of hydrogen-bond donors (Lipinski definition) is 2. The van der Waals surface area contributed by atoms with Crippen LogP contribution in [0.15, 0.2) is 48.9 Å². The molecule has 17 heteroatoms. The fourth-order valence-electron chi connectivity index (χ4n) is 13.5. The molecular weight excluding hydrogens is 926 g/mol. The molecule has 16 nitrogen and oxygen atoms in total. The molecule has 0 radical (unpaired) electrons. The molecule has 1 aromatic carbocycles. The maximum Gasteiger partial charge on any atom is 0.238 e. The van der Waals surface area contributed by atoms with Gasteiger partial charge in [0.05, 0.1) is 34.3 Å². The van der Waals surface area contributed by atoms with Crippen LogP contribution in [-0.2, 0) is 29.4 Å². The molecule has 4 aromatic rings. The molecule has 0 bridgehead atoms. The smallest absolute Gasteiger partial charge is 0.238 e. The van der Waals surface area contributed by atoms with Crippen molar-refractivity contribution in [3.8, 4) is 11.3 Å². The molecule has 7 fully saturated rings. The number of hydrogen-bond acceptors (Lipinski definition) is 11. The zero-order chi connectivity index (χ0) is 50.2. The summed E-state index contributed by atoms with van der Waals surface area (Å²) in [5, 5.41) is 6.10. The summed E-state index contributed by atoms with van der Waals surface area (Å²) in [6.45, 7) is 8.49. The van der Waals surface area contributed by atoms with Crippen molar-refractivity contribution in [2.75, 3.05) is 74.1 Å². The minimum absolute atomic E-state index is 0.0640. The molecule has 12 rings (SSSR count). The summed E-state index contributed by atoms with van der Waals surface area (Å²) in [6, 6.07) is 13.5. The molecule has 1 atom stereocenters. The molecule has 2 N–H and O–H groups in total. The lowest BCUT2D eigenvalue weighted by Crippen LogP contribution is -2.59. The monoisotopic (exact) mass is 996 g/mol. The predicted octanol–water partition coefficient (Wildman–Crippen LogP) is 6.89. The summed E-state index contributed by atoms with van der Waals surface area (Å²) in [5.41, 5.74) is 4.45. The second kappa shape index (κ2) is 19.1. The average molecular weight is 996 g/mol. The molecular formula is C56H70FN11O5. The summed E-state index contributed by atoms with van der Waals surface area (Å²) in [5.74, 6) is 0.540. The van der Waals surface area contributed by atoms with Crippen LogP contribution in [0.4, 0.5) is 21.7 Å². The number of carbonyl (C=O) groups excluding carboxylic acids is 5. The number of amides is 5. The van der Waals surface area contributed by atoms with E-state index in [4.69, 9.17) is 9.97 Å². The lowest BCUT2D eigenvalue weighted by Gasteiger charge is -2.48. The fraction of sp³-hybridized carbons (Fsp3) is 0.607. The number of benzene rings is 1. The number of aromatic nitrogens is 4. The quantitative estimate of drug-likeness (QED) is 0.150. The molecule has 1 spiro atoms. The van der Waals surface area contributed by atoms with Gasteiger partial charge in [-0.1, -0.05) is 24.6 Å². The van der Waals surface area contributed by atoms with Crippen molar-refractivity contribution in [3.63, 3.8) is 0 Å². The zero-order valence-corrected chi connectivity index (χ0v) is 42.5. The third-order valence-electron chi connectivity index (χ3n) is 18.3. The number of imide groups is 1. The Morgan fingerprint density at radius 1 is 0.822 bits per heavy atom. The standard InChI is InChI=1S/C56H70FN11O5/c1-35(2)67-34-59-45-31-44(61-50(49(45)67)60-39-8-9-39)37-6-11-43-46(28-37)68(41-29-40(30-41)63-20-4-3-5-21-63)54(73)56(43)18-26-66(27-19-56)53(72)55(33-57)16-24-65(25-17-55)52(71)36-14-22-64(23-15-36)47-12-7-38(32-58-47)42-10-13-48(69)62-51(42)70/h6-7,11-12,28,31-32,34-36,39-42H,3-5,8-10,13-27,29-30,33H2,1-2H3,(H,60,61)(H,62,69,70)/t40-,41+,42?. The number of imidazole rings is 1. The first-order valence-electron chi connectivity index (χ1n) is 27.5. The maximum absolute atomic E-state index is 15.4. The van der Waals surface area contributed by atoms with Gasteiger partial charge < -0.3 is 34.4 Å². The van der Waals surface area contributed by atoms with Gasteiger partial charge in [-0.25, -0.2) is 19.3 Å². The van der Waals surface area contributed by atoms with Gasteiger partial charge in [0.25, 0.3) is 0 Å². The Labute approximate surface area is 426 Å². The molecule has 5 saturated heterocycles. The summed E-state index contributed by atoms with van der Waals surface area (Å²) in [6.07, 6.45) is 15.1. The van der Waals surface area contributed by atoms with Crippen molar-refractivity contribution in [1.29, 1.82) is 0 Å². The van der Waals surface area contributed by atoms with Crippen LogP contribution < -0.4 is 20.4 Å². The fourth-order valence-corrected chi connectivity index (χ4v) is 13.5. The second-order valence-electron chi connectivity index (χ2n) is 23.0. The molecule has 6 aliphatic heterocycles. The Hall–Kier alpha value is -5.97. The van der Waals surface area contributed by atoms with Crippen LogP contribution in [0.5, 0.6) is 0 Å². The van der Waals surface area contributed by atoms with Gasteiger partial charge in [-0.3, -0.25) is 29.3 Å². The molecule has 73 heavy (non-hydrogen) atoms. The van der Waals surface area contributed by atoms with E-state index in [1.165, 1.54) is 19.3 Å². The average Bonchev–Trinajstić information content (AvgIpc) is 4.07. The summed E-state index contributed by atoms with van der Waals surface area (Å²) in [4.78, 5) is 93.1. The number of pyridine rings is 2. The van der Waals surface area contributed by atoms with Crippen molar-refractivity contribution in [2.24, 2.45) is 11.3 Å². The topological polar surface area (TPSA) is 169 Å². The molecule has 386 valence electrons. The summed E-state index contributed by atoms with van der Waals surface area (Å²) >= 11 is 0. The first-order valence-corrected chi connectivity index (χ1v) is 27.5. The van der Waals surface area contributed by atoms with E-state index in [0.717, 1.165) is 89.5 Å². The van der Waals surface area contributed by atoms with E-state index in [2.05, 4.69) is 73.0 Å². The number of halogens is 1. The Morgan fingerprint density at radius 3 is 2.23 bits per heavy atom. The van der Waals surface area contributed by atoms with Crippen molar-refractivity contribution in [3.05, 3.63) is 60.0 Å². The minimum atomic E-state index is -1.20. The number of likely N-dealkylation sites (tertiary alicyclic amines) is 3. The lowest BCUT2D eigenvalue weighted by molar-refractivity contribution is -0.153. The van der Waals surface area contributed by atoms with Crippen LogP contribution in [0.1, 0.15) is 133 Å². The summed E-state index contributed by atoms with van der Waals surface area (Å²) in [7, 11) is 0. The number of alkyl halides is 1. The van der Waals surface area contributed by atoms with E-state index in [-0.39, 0.29) is 60.4 Å². The van der Waals surface area contributed by atoms with Gasteiger partial charge in [-0.2, -0.15) is 0 Å². The highest BCUT2D eigenvalue weighted by molar-refractivity contribution is 6.09. The van der Waals surface area contributed by atoms with Gasteiger partial charge in [0.15, 0.2) is 5.82 Å². The van der Waals surface area contributed by atoms with Gasteiger partial charge in [0, 0.05) is 93.2 Å². The van der Waals surface area contributed by atoms with Crippen LogP contribution >= 0.6 is 0 Å².